The molecule has 4 rings (SSSR count). The van der Waals surface area contributed by atoms with Crippen LogP contribution in [0.2, 0.25) is 0 Å². The molecule has 3 aromatic rings. The van der Waals surface area contributed by atoms with Gasteiger partial charge in [0, 0.05) is 18.8 Å². The van der Waals surface area contributed by atoms with E-state index in [4.69, 9.17) is 4.42 Å². The van der Waals surface area contributed by atoms with Crippen molar-refractivity contribution in [2.45, 2.75) is 32.9 Å². The summed E-state index contributed by atoms with van der Waals surface area (Å²) in [5, 5.41) is 2.89. The highest BCUT2D eigenvalue weighted by Gasteiger charge is 2.18. The zero-order chi connectivity index (χ0) is 19.5. The summed E-state index contributed by atoms with van der Waals surface area (Å²) >= 11 is 0. The van der Waals surface area contributed by atoms with Gasteiger partial charge in [0.2, 0.25) is 5.91 Å². The van der Waals surface area contributed by atoms with Crippen LogP contribution in [-0.4, -0.2) is 17.4 Å². The van der Waals surface area contributed by atoms with Crippen LogP contribution in [0.15, 0.2) is 59.0 Å². The van der Waals surface area contributed by atoms with Crippen molar-refractivity contribution in [1.29, 1.82) is 0 Å². The van der Waals surface area contributed by atoms with Gasteiger partial charge in [-0.3, -0.25) is 9.69 Å². The summed E-state index contributed by atoms with van der Waals surface area (Å²) in [6.45, 7) is 4.51. The SMILES string of the molecule is Cc1ccc(CN2CCc3ccc(NC(=O)Cc4ccccc4F)cc3C2)o1. The maximum atomic E-state index is 13.7. The topological polar surface area (TPSA) is 45.5 Å². The molecule has 1 aliphatic heterocycles. The van der Waals surface area contributed by atoms with Gasteiger partial charge in [0.25, 0.3) is 0 Å². The van der Waals surface area contributed by atoms with E-state index < -0.39 is 0 Å². The molecular formula is C23H23FN2O2. The Morgan fingerprint density at radius 1 is 1.14 bits per heavy atom. The minimum Gasteiger partial charge on any atom is -0.465 e. The summed E-state index contributed by atoms with van der Waals surface area (Å²) in [5.41, 5.74) is 3.66. The lowest BCUT2D eigenvalue weighted by Gasteiger charge is -2.28. The third kappa shape index (κ3) is 4.31. The van der Waals surface area contributed by atoms with Gasteiger partial charge in [-0.2, -0.15) is 0 Å². The Morgan fingerprint density at radius 3 is 2.79 bits per heavy atom. The quantitative estimate of drug-likeness (QED) is 0.713. The van der Waals surface area contributed by atoms with Crippen LogP contribution in [0.3, 0.4) is 0 Å². The zero-order valence-corrected chi connectivity index (χ0v) is 15.9. The summed E-state index contributed by atoms with van der Waals surface area (Å²) in [6, 6.07) is 16.4. The Morgan fingerprint density at radius 2 is 2.00 bits per heavy atom. The van der Waals surface area contributed by atoms with E-state index in [1.54, 1.807) is 18.2 Å². The molecule has 0 unspecified atom stereocenters. The molecule has 2 aromatic carbocycles. The van der Waals surface area contributed by atoms with Crippen LogP contribution in [0.25, 0.3) is 0 Å². The van der Waals surface area contributed by atoms with Crippen molar-refractivity contribution < 1.29 is 13.6 Å². The Balaban J connectivity index is 1.41. The first-order chi connectivity index (χ1) is 13.6. The number of nitrogens with zero attached hydrogens (tertiary/aromatic N) is 1. The van der Waals surface area contributed by atoms with Crippen LogP contribution in [0, 0.1) is 12.7 Å². The first-order valence-electron chi connectivity index (χ1n) is 9.49. The lowest BCUT2D eigenvalue weighted by molar-refractivity contribution is -0.115. The third-order valence-corrected chi connectivity index (χ3v) is 5.07. The predicted molar refractivity (Wildman–Crippen MR) is 106 cm³/mol. The second kappa shape index (κ2) is 7.98. The fourth-order valence-electron chi connectivity index (χ4n) is 3.64. The van der Waals surface area contributed by atoms with Gasteiger partial charge in [-0.05, 0) is 60.4 Å². The molecule has 0 spiro atoms. The van der Waals surface area contributed by atoms with Gasteiger partial charge in [0.15, 0.2) is 0 Å². The summed E-state index contributed by atoms with van der Waals surface area (Å²) in [7, 11) is 0. The number of furan rings is 1. The molecule has 4 nitrogen and oxygen atoms in total. The van der Waals surface area contributed by atoms with Gasteiger partial charge in [-0.15, -0.1) is 0 Å². The fraction of sp³-hybridized carbons (Fsp3) is 0.261. The number of halogens is 1. The Hall–Kier alpha value is -2.92. The Bertz CT molecular complexity index is 996. The molecule has 0 saturated heterocycles. The van der Waals surface area contributed by atoms with E-state index in [1.807, 2.05) is 31.2 Å². The maximum Gasteiger partial charge on any atom is 0.228 e. The molecule has 0 radical (unpaired) electrons. The van der Waals surface area contributed by atoms with Crippen LogP contribution in [0.5, 0.6) is 0 Å². The number of carbonyl (C=O) groups is 1. The molecule has 0 saturated carbocycles. The standard InChI is InChI=1S/C23H23FN2O2/c1-16-6-9-21(28-16)15-26-11-10-17-7-8-20(12-19(17)14-26)25-23(27)13-18-4-2-3-5-22(18)24/h2-9,12H,10-11,13-15H2,1H3,(H,25,27). The second-order valence-electron chi connectivity index (χ2n) is 7.27. The lowest BCUT2D eigenvalue weighted by atomic mass is 9.99. The van der Waals surface area contributed by atoms with Crippen molar-refractivity contribution in [2.75, 3.05) is 11.9 Å². The molecule has 0 fully saturated rings. The molecular weight excluding hydrogens is 355 g/mol. The number of fused-ring (bicyclic) bond motifs is 1. The van der Waals surface area contributed by atoms with E-state index in [1.165, 1.54) is 17.2 Å². The monoisotopic (exact) mass is 378 g/mol. The summed E-state index contributed by atoms with van der Waals surface area (Å²) in [5.74, 6) is 1.32. The highest BCUT2D eigenvalue weighted by molar-refractivity contribution is 5.92. The first kappa shape index (κ1) is 18.4. The highest BCUT2D eigenvalue weighted by Crippen LogP contribution is 2.24. The molecule has 0 atom stereocenters. The second-order valence-corrected chi connectivity index (χ2v) is 7.27. The first-order valence-corrected chi connectivity index (χ1v) is 9.49. The third-order valence-electron chi connectivity index (χ3n) is 5.07. The smallest absolute Gasteiger partial charge is 0.228 e. The average Bonchev–Trinajstić information content (AvgIpc) is 3.08. The summed E-state index contributed by atoms with van der Waals surface area (Å²) in [4.78, 5) is 14.6. The number of aryl methyl sites for hydroxylation is 1. The van der Waals surface area contributed by atoms with Crippen molar-refractivity contribution in [1.82, 2.24) is 4.90 Å². The minimum absolute atomic E-state index is 0.0216. The van der Waals surface area contributed by atoms with E-state index in [0.29, 0.717) is 5.56 Å². The van der Waals surface area contributed by atoms with E-state index in [9.17, 15) is 9.18 Å². The average molecular weight is 378 g/mol. The lowest BCUT2D eigenvalue weighted by Crippen LogP contribution is -2.30. The summed E-state index contributed by atoms with van der Waals surface area (Å²) in [6.07, 6.45) is 0.992. The van der Waals surface area contributed by atoms with Gasteiger partial charge >= 0.3 is 0 Å². The number of hydrogen-bond donors (Lipinski definition) is 1. The summed E-state index contributed by atoms with van der Waals surface area (Å²) < 4.78 is 19.4. The number of hydrogen-bond acceptors (Lipinski definition) is 3. The van der Waals surface area contributed by atoms with Crippen LogP contribution in [-0.2, 0) is 30.7 Å². The number of anilines is 1. The molecule has 1 aliphatic rings. The van der Waals surface area contributed by atoms with E-state index in [-0.39, 0.29) is 18.1 Å². The Kier molecular flexibility index (Phi) is 5.26. The molecule has 144 valence electrons. The van der Waals surface area contributed by atoms with Crippen molar-refractivity contribution in [3.05, 3.63) is 88.6 Å². The van der Waals surface area contributed by atoms with Gasteiger partial charge in [-0.25, -0.2) is 4.39 Å². The maximum absolute atomic E-state index is 13.7. The number of benzene rings is 2. The molecule has 5 heteroatoms. The zero-order valence-electron chi connectivity index (χ0n) is 15.9. The predicted octanol–water partition coefficient (Wildman–Crippen LogP) is 4.47. The van der Waals surface area contributed by atoms with Gasteiger partial charge in [-0.1, -0.05) is 24.3 Å². The van der Waals surface area contributed by atoms with Crippen molar-refractivity contribution in [2.24, 2.45) is 0 Å². The van der Waals surface area contributed by atoms with Gasteiger partial charge in [0.1, 0.15) is 17.3 Å². The van der Waals surface area contributed by atoms with E-state index >= 15 is 0 Å². The number of carbonyl (C=O) groups excluding carboxylic acids is 1. The fourth-order valence-corrected chi connectivity index (χ4v) is 3.64. The van der Waals surface area contributed by atoms with Crippen LogP contribution in [0.1, 0.15) is 28.2 Å². The number of rotatable bonds is 5. The molecule has 1 amide bonds. The molecule has 2 heterocycles. The van der Waals surface area contributed by atoms with Crippen LogP contribution in [0.4, 0.5) is 10.1 Å². The Labute approximate surface area is 164 Å². The van der Waals surface area contributed by atoms with Crippen molar-refractivity contribution in [3.63, 3.8) is 0 Å². The molecule has 0 bridgehead atoms. The van der Waals surface area contributed by atoms with Gasteiger partial charge in [0.05, 0.1) is 13.0 Å². The molecule has 28 heavy (non-hydrogen) atoms. The van der Waals surface area contributed by atoms with Crippen molar-refractivity contribution in [3.8, 4) is 0 Å². The van der Waals surface area contributed by atoms with Crippen molar-refractivity contribution >= 4 is 11.6 Å². The number of amides is 1. The highest BCUT2D eigenvalue weighted by atomic mass is 19.1. The van der Waals surface area contributed by atoms with Gasteiger partial charge < -0.3 is 9.73 Å². The molecule has 0 aliphatic carbocycles. The number of nitrogens with one attached hydrogen (secondary N) is 1. The molecule has 1 aromatic heterocycles. The van der Waals surface area contributed by atoms with E-state index in [2.05, 4.69) is 16.3 Å². The minimum atomic E-state index is -0.355. The largest absolute Gasteiger partial charge is 0.465 e. The normalized spacial score (nSPS) is 13.9. The molecule has 1 N–H and O–H groups in total. The van der Waals surface area contributed by atoms with Crippen LogP contribution < -0.4 is 5.32 Å². The van der Waals surface area contributed by atoms with Crippen LogP contribution >= 0.6 is 0 Å². The van der Waals surface area contributed by atoms with E-state index in [0.717, 1.165) is 43.3 Å².